The Morgan fingerprint density at radius 2 is 1.77 bits per heavy atom. The van der Waals surface area contributed by atoms with Gasteiger partial charge in [-0.3, -0.25) is 4.98 Å². The van der Waals surface area contributed by atoms with Gasteiger partial charge in [-0.05, 0) is 66.8 Å². The SMILES string of the molecule is COc1ccc(N2C(=S)N[C@@H](c3ccccn3)[C@@H]2c2cccn2-c2ccc(Cl)cc2Cl)c(OC)c1. The second kappa shape index (κ2) is 9.77. The average Bonchev–Trinajstić information content (AvgIpc) is 3.48. The molecule has 0 bridgehead atoms. The van der Waals surface area contributed by atoms with E-state index in [4.69, 9.17) is 44.9 Å². The highest BCUT2D eigenvalue weighted by molar-refractivity contribution is 7.80. The molecule has 1 fully saturated rings. The van der Waals surface area contributed by atoms with Crippen LogP contribution in [-0.4, -0.2) is 28.9 Å². The van der Waals surface area contributed by atoms with Gasteiger partial charge in [0.25, 0.3) is 0 Å². The third-order valence-corrected chi connectivity index (χ3v) is 6.85. The number of hydrogen-bond donors (Lipinski definition) is 1. The summed E-state index contributed by atoms with van der Waals surface area (Å²) >= 11 is 18.6. The minimum absolute atomic E-state index is 0.227. The molecule has 178 valence electrons. The van der Waals surface area contributed by atoms with Gasteiger partial charge in [0.05, 0.1) is 42.4 Å². The Morgan fingerprint density at radius 3 is 2.49 bits per heavy atom. The number of ether oxygens (including phenoxy) is 2. The lowest BCUT2D eigenvalue weighted by molar-refractivity contribution is 0.394. The van der Waals surface area contributed by atoms with Crippen molar-refractivity contribution in [3.05, 3.63) is 101 Å². The van der Waals surface area contributed by atoms with Crippen molar-refractivity contribution in [2.75, 3.05) is 19.1 Å². The van der Waals surface area contributed by atoms with E-state index in [0.717, 1.165) is 22.8 Å². The lowest BCUT2D eigenvalue weighted by atomic mass is 10.0. The van der Waals surface area contributed by atoms with Crippen molar-refractivity contribution in [3.63, 3.8) is 0 Å². The summed E-state index contributed by atoms with van der Waals surface area (Å²) in [6.07, 6.45) is 3.76. The van der Waals surface area contributed by atoms with E-state index in [1.54, 1.807) is 26.5 Å². The lowest BCUT2D eigenvalue weighted by Crippen LogP contribution is -2.30. The number of benzene rings is 2. The first-order chi connectivity index (χ1) is 17.0. The highest BCUT2D eigenvalue weighted by Gasteiger charge is 2.43. The molecule has 0 unspecified atom stereocenters. The van der Waals surface area contributed by atoms with Crippen LogP contribution in [0.4, 0.5) is 5.69 Å². The summed E-state index contributed by atoms with van der Waals surface area (Å²) in [5, 5.41) is 5.16. The molecule has 2 aromatic carbocycles. The van der Waals surface area contributed by atoms with Crippen molar-refractivity contribution in [1.29, 1.82) is 0 Å². The Labute approximate surface area is 219 Å². The molecule has 1 aliphatic rings. The minimum atomic E-state index is -0.263. The van der Waals surface area contributed by atoms with Crippen LogP contribution in [0.2, 0.25) is 10.0 Å². The molecule has 4 aromatic rings. The summed E-state index contributed by atoms with van der Waals surface area (Å²) in [4.78, 5) is 6.69. The summed E-state index contributed by atoms with van der Waals surface area (Å²) in [5.41, 5.74) is 3.46. The number of aromatic nitrogens is 2. The van der Waals surface area contributed by atoms with Gasteiger partial charge in [0.15, 0.2) is 5.11 Å². The largest absolute Gasteiger partial charge is 0.497 e. The van der Waals surface area contributed by atoms with Gasteiger partial charge in [-0.15, -0.1) is 0 Å². The maximum absolute atomic E-state index is 6.61. The molecule has 0 aliphatic carbocycles. The number of halogens is 2. The molecule has 0 radical (unpaired) electrons. The predicted octanol–water partition coefficient (Wildman–Crippen LogP) is 6.37. The van der Waals surface area contributed by atoms with Crippen LogP contribution in [0.15, 0.2) is 79.1 Å². The van der Waals surface area contributed by atoms with Gasteiger partial charge in [0.1, 0.15) is 17.5 Å². The standard InChI is InChI=1S/C26H22Cl2N4O2S/c1-33-17-9-11-21(23(15-17)34-2)32-25(24(30-26(32)35)19-6-3-4-12-29-19)22-7-5-13-31(22)20-10-8-16(27)14-18(20)28/h3-15,24-25H,1-2H3,(H,30,35)/t24-,25-/m0/s1. The molecule has 1 N–H and O–H groups in total. The number of nitrogens with zero attached hydrogens (tertiary/aromatic N) is 3. The highest BCUT2D eigenvalue weighted by Crippen LogP contribution is 2.46. The molecule has 35 heavy (non-hydrogen) atoms. The third-order valence-electron chi connectivity index (χ3n) is 6.00. The number of rotatable bonds is 6. The quantitative estimate of drug-likeness (QED) is 0.295. The van der Waals surface area contributed by atoms with Crippen molar-refractivity contribution in [3.8, 4) is 17.2 Å². The van der Waals surface area contributed by atoms with Crippen molar-refractivity contribution in [2.24, 2.45) is 0 Å². The molecule has 2 atom stereocenters. The van der Waals surface area contributed by atoms with E-state index in [9.17, 15) is 0 Å². The topological polar surface area (TPSA) is 51.5 Å². The number of thiocarbonyl (C=S) groups is 1. The molecule has 0 amide bonds. The summed E-state index contributed by atoms with van der Waals surface area (Å²) in [6, 6.07) is 20.6. The first-order valence-electron chi connectivity index (χ1n) is 10.9. The Morgan fingerprint density at radius 1 is 0.943 bits per heavy atom. The zero-order valence-electron chi connectivity index (χ0n) is 19.0. The maximum Gasteiger partial charge on any atom is 0.174 e. The van der Waals surface area contributed by atoms with E-state index in [1.165, 1.54) is 0 Å². The molecular formula is C26H22Cl2N4O2S. The van der Waals surface area contributed by atoms with E-state index in [2.05, 4.69) is 25.8 Å². The van der Waals surface area contributed by atoms with E-state index in [1.807, 2.05) is 60.8 Å². The van der Waals surface area contributed by atoms with Crippen LogP contribution >= 0.6 is 35.4 Å². The van der Waals surface area contributed by atoms with Crippen LogP contribution in [0.3, 0.4) is 0 Å². The number of anilines is 1. The van der Waals surface area contributed by atoms with Crippen LogP contribution in [-0.2, 0) is 0 Å². The number of hydrogen-bond acceptors (Lipinski definition) is 4. The normalized spacial score (nSPS) is 17.4. The van der Waals surface area contributed by atoms with Crippen molar-refractivity contribution in [1.82, 2.24) is 14.9 Å². The van der Waals surface area contributed by atoms with E-state index >= 15 is 0 Å². The van der Waals surface area contributed by atoms with Gasteiger partial charge >= 0.3 is 0 Å². The van der Waals surface area contributed by atoms with Gasteiger partial charge in [-0.2, -0.15) is 0 Å². The Bertz CT molecular complexity index is 1380. The maximum atomic E-state index is 6.61. The molecule has 2 aromatic heterocycles. The van der Waals surface area contributed by atoms with Crippen molar-refractivity contribution < 1.29 is 9.47 Å². The van der Waals surface area contributed by atoms with Crippen molar-refractivity contribution in [2.45, 2.75) is 12.1 Å². The van der Waals surface area contributed by atoms with Crippen LogP contribution in [0.25, 0.3) is 5.69 Å². The molecule has 9 heteroatoms. The fraction of sp³-hybridized carbons (Fsp3) is 0.154. The third kappa shape index (κ3) is 4.31. The molecule has 1 aliphatic heterocycles. The number of pyridine rings is 1. The highest BCUT2D eigenvalue weighted by atomic mass is 35.5. The van der Waals surface area contributed by atoms with Crippen LogP contribution < -0.4 is 19.7 Å². The van der Waals surface area contributed by atoms with Crippen LogP contribution in [0, 0.1) is 0 Å². The van der Waals surface area contributed by atoms with Gasteiger partial charge in [-0.25, -0.2) is 0 Å². The monoisotopic (exact) mass is 524 g/mol. The smallest absolute Gasteiger partial charge is 0.174 e. The molecular weight excluding hydrogens is 503 g/mol. The van der Waals surface area contributed by atoms with E-state index in [-0.39, 0.29) is 12.1 Å². The Kier molecular flexibility index (Phi) is 6.56. The second-order valence-electron chi connectivity index (χ2n) is 7.93. The summed E-state index contributed by atoms with van der Waals surface area (Å²) in [6.45, 7) is 0. The molecule has 0 saturated carbocycles. The van der Waals surface area contributed by atoms with Crippen molar-refractivity contribution >= 4 is 46.2 Å². The number of nitrogens with one attached hydrogen (secondary N) is 1. The molecule has 1 saturated heterocycles. The molecule has 0 spiro atoms. The van der Waals surface area contributed by atoms with Gasteiger partial charge in [-0.1, -0.05) is 29.3 Å². The van der Waals surface area contributed by atoms with Crippen LogP contribution in [0.1, 0.15) is 23.5 Å². The second-order valence-corrected chi connectivity index (χ2v) is 9.16. The Balaban J connectivity index is 1.70. The number of methoxy groups -OCH3 is 2. The molecule has 5 rings (SSSR count). The van der Waals surface area contributed by atoms with Gasteiger partial charge in [0.2, 0.25) is 0 Å². The predicted molar refractivity (Wildman–Crippen MR) is 143 cm³/mol. The van der Waals surface area contributed by atoms with Crippen LogP contribution in [0.5, 0.6) is 11.5 Å². The fourth-order valence-electron chi connectivity index (χ4n) is 4.43. The average molecular weight is 525 g/mol. The lowest BCUT2D eigenvalue weighted by Gasteiger charge is -2.30. The van der Waals surface area contributed by atoms with E-state index in [0.29, 0.717) is 26.7 Å². The zero-order chi connectivity index (χ0) is 24.5. The molecule has 6 nitrogen and oxygen atoms in total. The summed E-state index contributed by atoms with van der Waals surface area (Å²) in [7, 11) is 3.26. The molecule has 3 heterocycles. The first kappa shape index (κ1) is 23.5. The van der Waals surface area contributed by atoms with E-state index < -0.39 is 0 Å². The zero-order valence-corrected chi connectivity index (χ0v) is 21.3. The summed E-state index contributed by atoms with van der Waals surface area (Å²) < 4.78 is 13.2. The Hall–Kier alpha value is -3.26. The summed E-state index contributed by atoms with van der Waals surface area (Å²) in [5.74, 6) is 1.33. The van der Waals surface area contributed by atoms with Gasteiger partial charge < -0.3 is 24.3 Å². The minimum Gasteiger partial charge on any atom is -0.497 e. The first-order valence-corrected chi connectivity index (χ1v) is 12.0. The fourth-order valence-corrected chi connectivity index (χ4v) is 5.27. The van der Waals surface area contributed by atoms with Gasteiger partial charge in [0, 0.05) is 29.2 Å².